The molecule has 21 heavy (non-hydrogen) atoms. The monoisotopic (exact) mass is 358 g/mol. The Kier molecular flexibility index (Phi) is 9.67. The van der Waals surface area contributed by atoms with Crippen molar-refractivity contribution in [2.75, 3.05) is 51.0 Å². The summed E-state index contributed by atoms with van der Waals surface area (Å²) in [5, 5.41) is 0. The topological polar surface area (TPSA) is 47.7 Å². The highest BCUT2D eigenvalue weighted by Crippen LogP contribution is 2.24. The molecule has 120 valence electrons. The van der Waals surface area contributed by atoms with Crippen molar-refractivity contribution in [3.05, 3.63) is 28.2 Å². The molecular formula is C16H27BrN2O2. The highest BCUT2D eigenvalue weighted by atomic mass is 79.9. The number of anilines is 1. The van der Waals surface area contributed by atoms with Crippen LogP contribution in [0.3, 0.4) is 0 Å². The zero-order valence-corrected chi connectivity index (χ0v) is 14.7. The summed E-state index contributed by atoms with van der Waals surface area (Å²) in [6, 6.07) is 6.44. The summed E-state index contributed by atoms with van der Waals surface area (Å²) < 4.78 is 12.1. The van der Waals surface area contributed by atoms with Gasteiger partial charge in [-0.25, -0.2) is 0 Å². The van der Waals surface area contributed by atoms with Crippen molar-refractivity contribution in [2.45, 2.75) is 20.3 Å². The predicted molar refractivity (Wildman–Crippen MR) is 92.1 cm³/mol. The van der Waals surface area contributed by atoms with Crippen LogP contribution in [-0.2, 0) is 15.9 Å². The molecule has 0 fully saturated rings. The molecule has 0 bridgehead atoms. The molecule has 0 heterocycles. The average Bonchev–Trinajstić information content (AvgIpc) is 2.48. The summed E-state index contributed by atoms with van der Waals surface area (Å²) >= 11 is 3.64. The number of hydrogen-bond donors (Lipinski definition) is 1. The summed E-state index contributed by atoms with van der Waals surface area (Å²) in [6.07, 6.45) is 0.888. The van der Waals surface area contributed by atoms with E-state index in [-0.39, 0.29) is 0 Å². The molecule has 0 radical (unpaired) electrons. The number of nitrogens with zero attached hydrogens (tertiary/aromatic N) is 1. The second-order valence-electron chi connectivity index (χ2n) is 4.70. The molecule has 4 nitrogen and oxygen atoms in total. The van der Waals surface area contributed by atoms with Crippen LogP contribution in [0.5, 0.6) is 0 Å². The van der Waals surface area contributed by atoms with E-state index >= 15 is 0 Å². The molecule has 5 heteroatoms. The van der Waals surface area contributed by atoms with Gasteiger partial charge in [0.05, 0.1) is 13.2 Å². The Morgan fingerprint density at radius 1 is 1.10 bits per heavy atom. The largest absolute Gasteiger partial charge is 0.380 e. The second kappa shape index (κ2) is 11.0. The highest BCUT2D eigenvalue weighted by Gasteiger charge is 2.09. The standard InChI is InChI=1S/C16H27BrN2O2/c1-3-20-11-9-19(10-12-21-4-2)15-6-5-14(7-8-18)16(17)13-15/h5-6,13H,3-4,7-12,18H2,1-2H3. The van der Waals surface area contributed by atoms with E-state index in [9.17, 15) is 0 Å². The van der Waals surface area contributed by atoms with Crippen LogP contribution in [0.15, 0.2) is 22.7 Å². The van der Waals surface area contributed by atoms with Gasteiger partial charge in [0.2, 0.25) is 0 Å². The summed E-state index contributed by atoms with van der Waals surface area (Å²) in [4.78, 5) is 2.29. The van der Waals surface area contributed by atoms with Gasteiger partial charge in [0.1, 0.15) is 0 Å². The maximum absolute atomic E-state index is 5.63. The lowest BCUT2D eigenvalue weighted by Crippen LogP contribution is -2.31. The lowest BCUT2D eigenvalue weighted by Gasteiger charge is -2.25. The zero-order valence-electron chi connectivity index (χ0n) is 13.1. The van der Waals surface area contributed by atoms with Crippen molar-refractivity contribution < 1.29 is 9.47 Å². The lowest BCUT2D eigenvalue weighted by molar-refractivity contribution is 0.141. The second-order valence-corrected chi connectivity index (χ2v) is 5.55. The van der Waals surface area contributed by atoms with Gasteiger partial charge in [0.15, 0.2) is 0 Å². The molecule has 0 aliphatic carbocycles. The van der Waals surface area contributed by atoms with Crippen molar-refractivity contribution in [2.24, 2.45) is 5.73 Å². The Morgan fingerprint density at radius 2 is 1.71 bits per heavy atom. The summed E-state index contributed by atoms with van der Waals surface area (Å²) in [5.74, 6) is 0. The number of benzene rings is 1. The van der Waals surface area contributed by atoms with Gasteiger partial charge in [-0.15, -0.1) is 0 Å². The quantitative estimate of drug-likeness (QED) is 0.618. The van der Waals surface area contributed by atoms with E-state index in [0.717, 1.165) is 50.4 Å². The van der Waals surface area contributed by atoms with Gasteiger partial charge in [-0.2, -0.15) is 0 Å². The average molecular weight is 359 g/mol. The van der Waals surface area contributed by atoms with Crippen molar-refractivity contribution >= 4 is 21.6 Å². The first-order valence-electron chi connectivity index (χ1n) is 7.61. The Bertz CT molecular complexity index is 392. The molecule has 1 aromatic carbocycles. The maximum atomic E-state index is 5.63. The van der Waals surface area contributed by atoms with Gasteiger partial charge in [-0.05, 0) is 44.5 Å². The molecule has 0 unspecified atom stereocenters. The fraction of sp³-hybridized carbons (Fsp3) is 0.625. The fourth-order valence-electron chi connectivity index (χ4n) is 2.10. The number of ether oxygens (including phenoxy) is 2. The molecule has 0 amide bonds. The Balaban J connectivity index is 2.72. The predicted octanol–water partition coefficient (Wildman–Crippen LogP) is 2.83. The van der Waals surface area contributed by atoms with E-state index < -0.39 is 0 Å². The molecule has 1 aromatic rings. The zero-order chi connectivity index (χ0) is 15.5. The van der Waals surface area contributed by atoms with E-state index in [1.54, 1.807) is 0 Å². The molecule has 0 saturated carbocycles. The molecule has 0 aliphatic rings. The van der Waals surface area contributed by atoms with Crippen molar-refractivity contribution in [3.63, 3.8) is 0 Å². The number of nitrogens with two attached hydrogens (primary N) is 1. The van der Waals surface area contributed by atoms with Crippen LogP contribution < -0.4 is 10.6 Å². The van der Waals surface area contributed by atoms with Gasteiger partial charge >= 0.3 is 0 Å². The number of halogens is 1. The molecule has 2 N–H and O–H groups in total. The van der Waals surface area contributed by atoms with Crippen LogP contribution in [0.4, 0.5) is 5.69 Å². The van der Waals surface area contributed by atoms with Crippen molar-refractivity contribution in [1.82, 2.24) is 0 Å². The first kappa shape index (κ1) is 18.4. The van der Waals surface area contributed by atoms with Crippen LogP contribution >= 0.6 is 15.9 Å². The van der Waals surface area contributed by atoms with E-state index in [1.165, 1.54) is 11.3 Å². The van der Waals surface area contributed by atoms with Gasteiger partial charge in [-0.3, -0.25) is 0 Å². The van der Waals surface area contributed by atoms with Crippen LogP contribution in [-0.4, -0.2) is 46.1 Å². The third kappa shape index (κ3) is 6.78. The van der Waals surface area contributed by atoms with Gasteiger partial charge in [0.25, 0.3) is 0 Å². The van der Waals surface area contributed by atoms with Crippen molar-refractivity contribution in [3.8, 4) is 0 Å². The molecule has 0 aliphatic heterocycles. The minimum absolute atomic E-state index is 0.663. The molecule has 0 aromatic heterocycles. The number of rotatable bonds is 11. The first-order valence-corrected chi connectivity index (χ1v) is 8.41. The smallest absolute Gasteiger partial charge is 0.0641 e. The molecule has 1 rings (SSSR count). The Hall–Kier alpha value is -0.620. The molecule has 0 saturated heterocycles. The van der Waals surface area contributed by atoms with Gasteiger partial charge < -0.3 is 20.1 Å². The SMILES string of the molecule is CCOCCN(CCOCC)c1ccc(CCN)c(Br)c1. The lowest BCUT2D eigenvalue weighted by atomic mass is 10.1. The van der Waals surface area contributed by atoms with E-state index in [1.807, 2.05) is 13.8 Å². The van der Waals surface area contributed by atoms with Crippen molar-refractivity contribution in [1.29, 1.82) is 0 Å². The van der Waals surface area contributed by atoms with Gasteiger partial charge in [-0.1, -0.05) is 22.0 Å². The molecule has 0 atom stereocenters. The van der Waals surface area contributed by atoms with Crippen LogP contribution in [0, 0.1) is 0 Å². The number of hydrogen-bond acceptors (Lipinski definition) is 4. The van der Waals surface area contributed by atoms with E-state index in [0.29, 0.717) is 6.54 Å². The normalized spacial score (nSPS) is 10.9. The molecular weight excluding hydrogens is 332 g/mol. The maximum Gasteiger partial charge on any atom is 0.0641 e. The van der Waals surface area contributed by atoms with Crippen LogP contribution in [0.2, 0.25) is 0 Å². The third-order valence-corrected chi connectivity index (χ3v) is 3.97. The Labute approximate surface area is 136 Å². The Morgan fingerprint density at radius 3 is 2.19 bits per heavy atom. The van der Waals surface area contributed by atoms with Crippen LogP contribution in [0.25, 0.3) is 0 Å². The summed E-state index contributed by atoms with van der Waals surface area (Å²) in [7, 11) is 0. The third-order valence-electron chi connectivity index (χ3n) is 3.23. The fourth-order valence-corrected chi connectivity index (χ4v) is 2.66. The van der Waals surface area contributed by atoms with E-state index in [4.69, 9.17) is 15.2 Å². The minimum Gasteiger partial charge on any atom is -0.380 e. The van der Waals surface area contributed by atoms with Crippen LogP contribution in [0.1, 0.15) is 19.4 Å². The minimum atomic E-state index is 0.663. The summed E-state index contributed by atoms with van der Waals surface area (Å²) in [5.41, 5.74) is 8.05. The van der Waals surface area contributed by atoms with E-state index in [2.05, 4.69) is 39.0 Å². The summed E-state index contributed by atoms with van der Waals surface area (Å²) in [6.45, 7) is 9.38. The van der Waals surface area contributed by atoms with Gasteiger partial charge in [0, 0.05) is 36.5 Å². The first-order chi connectivity index (χ1) is 10.2. The molecule has 0 spiro atoms. The highest BCUT2D eigenvalue weighted by molar-refractivity contribution is 9.10.